The highest BCUT2D eigenvalue weighted by Crippen LogP contribution is 2.34. The molecule has 0 saturated heterocycles. The van der Waals surface area contributed by atoms with Gasteiger partial charge in [0, 0.05) is 18.0 Å². The number of benzene rings is 1. The molecule has 1 aromatic rings. The van der Waals surface area contributed by atoms with E-state index in [-0.39, 0.29) is 5.41 Å². The van der Waals surface area contributed by atoms with Gasteiger partial charge in [-0.3, -0.25) is 0 Å². The van der Waals surface area contributed by atoms with Crippen molar-refractivity contribution in [1.82, 2.24) is 4.90 Å². The predicted octanol–water partition coefficient (Wildman–Crippen LogP) is 3.87. The van der Waals surface area contributed by atoms with Crippen LogP contribution in [0.4, 0.5) is 0 Å². The van der Waals surface area contributed by atoms with Gasteiger partial charge < -0.3 is 10.0 Å². The summed E-state index contributed by atoms with van der Waals surface area (Å²) in [5.74, 6) is 0. The summed E-state index contributed by atoms with van der Waals surface area (Å²) in [5.41, 5.74) is 0.855. The molecule has 0 amide bonds. The van der Waals surface area contributed by atoms with E-state index in [4.69, 9.17) is 0 Å². The van der Waals surface area contributed by atoms with Gasteiger partial charge in [-0.05, 0) is 32.4 Å². The van der Waals surface area contributed by atoms with Gasteiger partial charge in [0.25, 0.3) is 0 Å². The highest BCUT2D eigenvalue weighted by Gasteiger charge is 2.31. The zero-order valence-corrected chi connectivity index (χ0v) is 13.1. The van der Waals surface area contributed by atoms with Crippen molar-refractivity contribution >= 4 is 0 Å². The van der Waals surface area contributed by atoms with Crippen LogP contribution in [-0.4, -0.2) is 29.1 Å². The van der Waals surface area contributed by atoms with Gasteiger partial charge in [-0.25, -0.2) is 0 Å². The number of aliphatic hydroxyl groups is 1. The van der Waals surface area contributed by atoms with Crippen LogP contribution in [0, 0.1) is 5.41 Å². The first-order valence-electron chi connectivity index (χ1n) is 7.35. The summed E-state index contributed by atoms with van der Waals surface area (Å²) < 4.78 is 0. The van der Waals surface area contributed by atoms with Gasteiger partial charge in [0.05, 0.1) is 6.10 Å². The van der Waals surface area contributed by atoms with Gasteiger partial charge in [0.2, 0.25) is 0 Å². The van der Waals surface area contributed by atoms with Gasteiger partial charge in [-0.15, -0.1) is 0 Å². The number of hydrogen-bond acceptors (Lipinski definition) is 2. The number of rotatable bonds is 7. The Morgan fingerprint density at radius 2 is 1.74 bits per heavy atom. The SMILES string of the molecule is CCCN(CC(C)(C)C(O)c1ccccc1)C(C)C. The minimum absolute atomic E-state index is 0.152. The molecule has 0 aliphatic rings. The maximum absolute atomic E-state index is 10.6. The Bertz CT molecular complexity index is 359. The average molecular weight is 263 g/mol. The van der Waals surface area contributed by atoms with Crippen LogP contribution >= 0.6 is 0 Å². The molecule has 0 fully saturated rings. The fraction of sp³-hybridized carbons (Fsp3) is 0.647. The van der Waals surface area contributed by atoms with Crippen LogP contribution in [0.1, 0.15) is 52.7 Å². The molecule has 2 nitrogen and oxygen atoms in total. The summed E-state index contributed by atoms with van der Waals surface area (Å²) in [7, 11) is 0. The second kappa shape index (κ2) is 7.06. The average Bonchev–Trinajstić information content (AvgIpc) is 2.38. The van der Waals surface area contributed by atoms with Crippen molar-refractivity contribution in [3.05, 3.63) is 35.9 Å². The summed E-state index contributed by atoms with van der Waals surface area (Å²) in [5, 5.41) is 10.6. The molecular formula is C17H29NO. The van der Waals surface area contributed by atoms with E-state index in [1.807, 2.05) is 30.3 Å². The zero-order valence-electron chi connectivity index (χ0n) is 13.1. The third kappa shape index (κ3) is 4.63. The maximum atomic E-state index is 10.6. The van der Waals surface area contributed by atoms with Crippen LogP contribution in [0.2, 0.25) is 0 Å². The largest absolute Gasteiger partial charge is 0.388 e. The van der Waals surface area contributed by atoms with Crippen LogP contribution in [0.25, 0.3) is 0 Å². The van der Waals surface area contributed by atoms with Crippen LogP contribution in [0.3, 0.4) is 0 Å². The van der Waals surface area contributed by atoms with Crippen LogP contribution in [-0.2, 0) is 0 Å². The molecule has 0 heterocycles. The maximum Gasteiger partial charge on any atom is 0.0853 e. The third-order valence-electron chi connectivity index (χ3n) is 3.71. The highest BCUT2D eigenvalue weighted by molar-refractivity contribution is 5.19. The van der Waals surface area contributed by atoms with Gasteiger partial charge in [-0.1, -0.05) is 51.1 Å². The normalized spacial score (nSPS) is 14.1. The lowest BCUT2D eigenvalue weighted by Crippen LogP contribution is -2.42. The van der Waals surface area contributed by atoms with E-state index in [1.54, 1.807) is 0 Å². The van der Waals surface area contributed by atoms with Crippen molar-refractivity contribution in [1.29, 1.82) is 0 Å². The van der Waals surface area contributed by atoms with E-state index in [9.17, 15) is 5.11 Å². The number of nitrogens with zero attached hydrogens (tertiary/aromatic N) is 1. The van der Waals surface area contributed by atoms with Crippen molar-refractivity contribution in [2.45, 2.75) is 53.2 Å². The van der Waals surface area contributed by atoms with Crippen LogP contribution in [0.15, 0.2) is 30.3 Å². The first kappa shape index (κ1) is 16.2. The van der Waals surface area contributed by atoms with Crippen molar-refractivity contribution in [3.63, 3.8) is 0 Å². The topological polar surface area (TPSA) is 23.5 Å². The Morgan fingerprint density at radius 3 is 2.21 bits per heavy atom. The van der Waals surface area contributed by atoms with E-state index in [0.29, 0.717) is 6.04 Å². The van der Waals surface area contributed by atoms with E-state index in [0.717, 1.165) is 25.1 Å². The van der Waals surface area contributed by atoms with Crippen molar-refractivity contribution in [2.75, 3.05) is 13.1 Å². The Labute approximate surface area is 118 Å². The van der Waals surface area contributed by atoms with Crippen molar-refractivity contribution < 1.29 is 5.11 Å². The highest BCUT2D eigenvalue weighted by atomic mass is 16.3. The summed E-state index contributed by atoms with van der Waals surface area (Å²) in [6, 6.07) is 10.5. The Balaban J connectivity index is 2.79. The summed E-state index contributed by atoms with van der Waals surface area (Å²) in [6.07, 6.45) is 0.724. The van der Waals surface area contributed by atoms with Crippen LogP contribution in [0.5, 0.6) is 0 Å². The summed E-state index contributed by atoms with van der Waals surface area (Å²) >= 11 is 0. The molecule has 108 valence electrons. The molecule has 0 bridgehead atoms. The lowest BCUT2D eigenvalue weighted by molar-refractivity contribution is 0.0127. The third-order valence-corrected chi connectivity index (χ3v) is 3.71. The van der Waals surface area contributed by atoms with E-state index < -0.39 is 6.10 Å². The molecule has 0 aromatic heterocycles. The fourth-order valence-corrected chi connectivity index (χ4v) is 2.50. The molecule has 1 N–H and O–H groups in total. The molecule has 0 spiro atoms. The van der Waals surface area contributed by atoms with E-state index in [2.05, 4.69) is 39.5 Å². The Hall–Kier alpha value is -0.860. The summed E-state index contributed by atoms with van der Waals surface area (Å²) in [4.78, 5) is 2.45. The first-order valence-corrected chi connectivity index (χ1v) is 7.35. The molecule has 1 rings (SSSR count). The smallest absolute Gasteiger partial charge is 0.0853 e. The number of aliphatic hydroxyl groups excluding tert-OH is 1. The predicted molar refractivity (Wildman–Crippen MR) is 82.2 cm³/mol. The molecule has 19 heavy (non-hydrogen) atoms. The first-order chi connectivity index (χ1) is 8.88. The van der Waals surface area contributed by atoms with Crippen molar-refractivity contribution in [3.8, 4) is 0 Å². The molecule has 2 heteroatoms. The molecule has 0 radical (unpaired) electrons. The Kier molecular flexibility index (Phi) is 6.02. The standard InChI is InChI=1S/C17H29NO/c1-6-12-18(14(2)3)13-17(4,5)16(19)15-10-8-7-9-11-15/h7-11,14,16,19H,6,12-13H2,1-5H3. The van der Waals surface area contributed by atoms with E-state index in [1.165, 1.54) is 0 Å². The molecule has 0 aliphatic carbocycles. The van der Waals surface area contributed by atoms with Gasteiger partial charge in [-0.2, -0.15) is 0 Å². The monoisotopic (exact) mass is 263 g/mol. The minimum atomic E-state index is -0.424. The molecule has 0 aliphatic heterocycles. The zero-order chi connectivity index (χ0) is 14.5. The molecular weight excluding hydrogens is 234 g/mol. The molecule has 1 unspecified atom stereocenters. The number of hydrogen-bond donors (Lipinski definition) is 1. The van der Waals surface area contributed by atoms with Crippen LogP contribution < -0.4 is 0 Å². The van der Waals surface area contributed by atoms with Gasteiger partial charge in [0.15, 0.2) is 0 Å². The van der Waals surface area contributed by atoms with Crippen molar-refractivity contribution in [2.24, 2.45) is 5.41 Å². The molecule has 0 saturated carbocycles. The quantitative estimate of drug-likeness (QED) is 0.807. The lowest BCUT2D eigenvalue weighted by Gasteiger charge is -2.38. The fourth-order valence-electron chi connectivity index (χ4n) is 2.50. The van der Waals surface area contributed by atoms with Gasteiger partial charge >= 0.3 is 0 Å². The second-order valence-corrected chi connectivity index (χ2v) is 6.37. The lowest BCUT2D eigenvalue weighted by atomic mass is 9.82. The van der Waals surface area contributed by atoms with E-state index >= 15 is 0 Å². The summed E-state index contributed by atoms with van der Waals surface area (Å²) in [6.45, 7) is 12.9. The van der Waals surface area contributed by atoms with Gasteiger partial charge in [0.1, 0.15) is 0 Å². The molecule has 1 aromatic carbocycles. The minimum Gasteiger partial charge on any atom is -0.388 e. The molecule has 1 atom stereocenters. The second-order valence-electron chi connectivity index (χ2n) is 6.37. The Morgan fingerprint density at radius 1 is 1.16 bits per heavy atom.